The molecule has 0 bridgehead atoms. The second-order valence-electron chi connectivity index (χ2n) is 10.4. The van der Waals surface area contributed by atoms with Gasteiger partial charge in [-0.3, -0.25) is 0 Å². The van der Waals surface area contributed by atoms with E-state index in [1.165, 1.54) is 68.2 Å². The first-order chi connectivity index (χ1) is 17.4. The highest BCUT2D eigenvalue weighted by molar-refractivity contribution is 6.30. The third kappa shape index (κ3) is 7.16. The lowest BCUT2D eigenvalue weighted by Crippen LogP contribution is -2.14. The minimum Gasteiger partial charge on any atom is -0.207 e. The molecule has 4 heteroatoms. The summed E-state index contributed by atoms with van der Waals surface area (Å²) in [6, 6.07) is 17.2. The van der Waals surface area contributed by atoms with E-state index in [0.717, 1.165) is 18.4 Å². The van der Waals surface area contributed by atoms with Crippen molar-refractivity contribution < 1.29 is 13.2 Å². The van der Waals surface area contributed by atoms with Crippen LogP contribution in [0.25, 0.3) is 0 Å². The topological polar surface area (TPSA) is 0 Å². The molecule has 0 N–H and O–H groups in total. The van der Waals surface area contributed by atoms with Gasteiger partial charge in [0.1, 0.15) is 22.5 Å². The van der Waals surface area contributed by atoms with Gasteiger partial charge in [0, 0.05) is 0 Å². The van der Waals surface area contributed by atoms with Crippen LogP contribution in [0.2, 0.25) is 5.02 Å². The minimum atomic E-state index is -0.781. The fourth-order valence-electron chi connectivity index (χ4n) is 5.47. The summed E-state index contributed by atoms with van der Waals surface area (Å²) in [6.07, 6.45) is 11.3. The second-order valence-corrected chi connectivity index (χ2v) is 10.8. The van der Waals surface area contributed by atoms with Crippen molar-refractivity contribution in [2.75, 3.05) is 0 Å². The van der Waals surface area contributed by atoms with E-state index in [4.69, 9.17) is 11.6 Å². The van der Waals surface area contributed by atoms with Crippen LogP contribution in [-0.4, -0.2) is 0 Å². The van der Waals surface area contributed by atoms with Gasteiger partial charge in [-0.1, -0.05) is 61.3 Å². The molecule has 1 fully saturated rings. The Morgan fingerprint density at radius 2 is 1.33 bits per heavy atom. The van der Waals surface area contributed by atoms with Gasteiger partial charge in [0.05, 0.1) is 0 Å². The van der Waals surface area contributed by atoms with Crippen molar-refractivity contribution in [3.05, 3.63) is 105 Å². The zero-order valence-electron chi connectivity index (χ0n) is 21.1. The summed E-state index contributed by atoms with van der Waals surface area (Å²) >= 11 is 5.54. The highest BCUT2D eigenvalue weighted by Crippen LogP contribution is 2.37. The molecule has 0 nitrogen and oxygen atoms in total. The van der Waals surface area contributed by atoms with E-state index in [-0.39, 0.29) is 5.82 Å². The Morgan fingerprint density at radius 3 is 1.97 bits per heavy atom. The molecule has 0 radical (unpaired) electrons. The highest BCUT2D eigenvalue weighted by atomic mass is 35.5. The lowest BCUT2D eigenvalue weighted by Gasteiger charge is -2.29. The van der Waals surface area contributed by atoms with Gasteiger partial charge in [0.15, 0.2) is 0 Å². The molecule has 1 aliphatic carbocycles. The maximum atomic E-state index is 14.7. The van der Waals surface area contributed by atoms with E-state index in [2.05, 4.69) is 31.2 Å². The SMILES string of the molecule is CCCCc1ccc(C2CCC(CCc3ccc(CCc4cc(F)c(Cl)c(F)c4)c(F)c3)CC2)cc1. The van der Waals surface area contributed by atoms with Crippen molar-refractivity contribution in [1.82, 2.24) is 0 Å². The molecule has 0 aromatic heterocycles. The summed E-state index contributed by atoms with van der Waals surface area (Å²) in [6.45, 7) is 2.23. The lowest BCUT2D eigenvalue weighted by atomic mass is 9.76. The molecular weight excluding hydrogens is 477 g/mol. The molecule has 3 aromatic rings. The number of hydrogen-bond donors (Lipinski definition) is 0. The molecule has 4 rings (SSSR count). The number of halogens is 4. The Bertz CT molecular complexity index is 1110. The molecule has 0 aliphatic heterocycles. The number of benzene rings is 3. The zero-order valence-corrected chi connectivity index (χ0v) is 21.9. The smallest absolute Gasteiger partial charge is 0.145 e. The van der Waals surface area contributed by atoms with Gasteiger partial charge in [-0.05, 0) is 122 Å². The Hall–Kier alpha value is -2.26. The van der Waals surface area contributed by atoms with Crippen molar-refractivity contribution in [2.24, 2.45) is 5.92 Å². The number of unbranched alkanes of at least 4 members (excludes halogenated alkanes) is 1. The molecule has 0 spiro atoms. The molecule has 1 saturated carbocycles. The van der Waals surface area contributed by atoms with Crippen molar-refractivity contribution in [1.29, 1.82) is 0 Å². The zero-order chi connectivity index (χ0) is 25.5. The van der Waals surface area contributed by atoms with E-state index < -0.39 is 16.7 Å². The predicted octanol–water partition coefficient (Wildman–Crippen LogP) is 9.79. The Balaban J connectivity index is 1.23. The van der Waals surface area contributed by atoms with Crippen LogP contribution in [0.3, 0.4) is 0 Å². The quantitative estimate of drug-likeness (QED) is 0.237. The summed E-state index contributed by atoms with van der Waals surface area (Å²) in [5, 5.41) is -0.501. The Morgan fingerprint density at radius 1 is 0.694 bits per heavy atom. The summed E-state index contributed by atoms with van der Waals surface area (Å²) in [5.41, 5.74) is 4.98. The van der Waals surface area contributed by atoms with Crippen molar-refractivity contribution in [3.63, 3.8) is 0 Å². The monoisotopic (exact) mass is 512 g/mol. The summed E-state index contributed by atoms with van der Waals surface area (Å²) in [4.78, 5) is 0. The summed E-state index contributed by atoms with van der Waals surface area (Å²) < 4.78 is 42.0. The molecule has 0 amide bonds. The van der Waals surface area contributed by atoms with Gasteiger partial charge in [-0.15, -0.1) is 0 Å². The normalized spacial score (nSPS) is 17.9. The minimum absolute atomic E-state index is 0.242. The first kappa shape index (κ1) is 26.8. The van der Waals surface area contributed by atoms with Crippen molar-refractivity contribution in [3.8, 4) is 0 Å². The average molecular weight is 513 g/mol. The maximum absolute atomic E-state index is 14.7. The van der Waals surface area contributed by atoms with Gasteiger partial charge in [0.25, 0.3) is 0 Å². The molecule has 36 heavy (non-hydrogen) atoms. The second kappa shape index (κ2) is 12.8. The van der Waals surface area contributed by atoms with E-state index in [0.29, 0.717) is 35.8 Å². The average Bonchev–Trinajstić information content (AvgIpc) is 2.89. The van der Waals surface area contributed by atoms with Gasteiger partial charge in [0.2, 0.25) is 0 Å². The molecule has 0 saturated heterocycles. The summed E-state index contributed by atoms with van der Waals surface area (Å²) in [7, 11) is 0. The van der Waals surface area contributed by atoms with Crippen LogP contribution in [0.4, 0.5) is 13.2 Å². The molecule has 0 heterocycles. The van der Waals surface area contributed by atoms with E-state index in [1.807, 2.05) is 12.1 Å². The number of aryl methyl sites for hydroxylation is 4. The standard InChI is InChI=1S/C32H36ClF3/c1-2-3-4-22-7-13-26(14-8-22)27-15-9-23(10-16-27)5-6-24-11-17-28(29(34)19-24)18-12-25-20-30(35)32(33)31(36)21-25/h7-8,11,13-14,17,19-21,23,27H,2-6,9-10,12,15-16,18H2,1H3. The Labute approximate surface area is 218 Å². The van der Waals surface area contributed by atoms with Crippen LogP contribution in [0.15, 0.2) is 54.6 Å². The van der Waals surface area contributed by atoms with Gasteiger partial charge >= 0.3 is 0 Å². The van der Waals surface area contributed by atoms with Gasteiger partial charge < -0.3 is 0 Å². The molecule has 192 valence electrons. The van der Waals surface area contributed by atoms with Crippen LogP contribution >= 0.6 is 11.6 Å². The fraction of sp³-hybridized carbons (Fsp3) is 0.438. The van der Waals surface area contributed by atoms with Crippen LogP contribution in [-0.2, 0) is 25.7 Å². The van der Waals surface area contributed by atoms with E-state index in [1.54, 1.807) is 6.07 Å². The van der Waals surface area contributed by atoms with Gasteiger partial charge in [-0.2, -0.15) is 0 Å². The number of rotatable bonds is 10. The largest absolute Gasteiger partial charge is 0.207 e. The van der Waals surface area contributed by atoms with Crippen LogP contribution in [0.5, 0.6) is 0 Å². The fourth-order valence-corrected chi connectivity index (χ4v) is 5.58. The van der Waals surface area contributed by atoms with E-state index in [9.17, 15) is 13.2 Å². The number of hydrogen-bond acceptors (Lipinski definition) is 0. The Kier molecular flexibility index (Phi) is 9.53. The summed E-state index contributed by atoms with van der Waals surface area (Å²) in [5.74, 6) is -0.439. The van der Waals surface area contributed by atoms with Crippen LogP contribution in [0, 0.1) is 23.4 Å². The molecule has 0 atom stereocenters. The highest BCUT2D eigenvalue weighted by Gasteiger charge is 2.22. The van der Waals surface area contributed by atoms with Crippen molar-refractivity contribution >= 4 is 11.6 Å². The molecular formula is C32H36ClF3. The van der Waals surface area contributed by atoms with E-state index >= 15 is 0 Å². The van der Waals surface area contributed by atoms with Crippen molar-refractivity contribution in [2.45, 2.75) is 83.5 Å². The third-order valence-corrected chi connectivity index (χ3v) is 8.16. The molecule has 1 aliphatic rings. The lowest BCUT2D eigenvalue weighted by molar-refractivity contribution is 0.310. The molecule has 0 unspecified atom stereocenters. The first-order valence-corrected chi connectivity index (χ1v) is 13.8. The first-order valence-electron chi connectivity index (χ1n) is 13.4. The van der Waals surface area contributed by atoms with Crippen LogP contribution < -0.4 is 0 Å². The molecule has 3 aromatic carbocycles. The van der Waals surface area contributed by atoms with Crippen LogP contribution in [0.1, 0.15) is 85.6 Å². The predicted molar refractivity (Wildman–Crippen MR) is 143 cm³/mol. The maximum Gasteiger partial charge on any atom is 0.145 e. The third-order valence-electron chi connectivity index (χ3n) is 7.80. The van der Waals surface area contributed by atoms with Gasteiger partial charge in [-0.25, -0.2) is 13.2 Å².